The largest absolute Gasteiger partial charge is 0.338 e. The molecule has 2 aromatic rings. The topological polar surface area (TPSA) is 54.3 Å². The summed E-state index contributed by atoms with van der Waals surface area (Å²) in [4.78, 5) is 26.6. The second-order valence-corrected chi connectivity index (χ2v) is 5.54. The fourth-order valence-electron chi connectivity index (χ4n) is 2.28. The van der Waals surface area contributed by atoms with Gasteiger partial charge in [0.15, 0.2) is 0 Å². The first-order valence-electron chi connectivity index (χ1n) is 6.56. The first kappa shape index (κ1) is 12.9. The average molecular weight is 289 g/mol. The summed E-state index contributed by atoms with van der Waals surface area (Å²) >= 11 is 1.37. The highest BCUT2D eigenvalue weighted by Crippen LogP contribution is 2.28. The molecule has 0 atom stereocenters. The highest BCUT2D eigenvalue weighted by atomic mass is 32.1. The van der Waals surface area contributed by atoms with E-state index in [1.54, 1.807) is 0 Å². The molecule has 3 rings (SSSR count). The minimum atomic E-state index is -0.328. The predicted molar refractivity (Wildman–Crippen MR) is 77.2 cm³/mol. The SMILES string of the molecule is CCCNC(=O)N1Cc2cccn2-c2ccsc2C1=O. The van der Waals surface area contributed by atoms with Crippen molar-refractivity contribution in [2.75, 3.05) is 6.54 Å². The van der Waals surface area contributed by atoms with Gasteiger partial charge in [-0.1, -0.05) is 6.92 Å². The third-order valence-electron chi connectivity index (χ3n) is 3.27. The van der Waals surface area contributed by atoms with Crippen molar-refractivity contribution >= 4 is 23.3 Å². The lowest BCUT2D eigenvalue weighted by Crippen LogP contribution is -2.43. The summed E-state index contributed by atoms with van der Waals surface area (Å²) in [5.74, 6) is -0.229. The summed E-state index contributed by atoms with van der Waals surface area (Å²) < 4.78 is 1.97. The molecule has 1 aliphatic heterocycles. The number of fused-ring (bicyclic) bond motifs is 3. The number of carbonyl (C=O) groups is 2. The minimum Gasteiger partial charge on any atom is -0.338 e. The fourth-order valence-corrected chi connectivity index (χ4v) is 3.11. The maximum atomic E-state index is 12.5. The molecular formula is C14H15N3O2S. The van der Waals surface area contributed by atoms with Crippen LogP contribution in [0.15, 0.2) is 29.8 Å². The van der Waals surface area contributed by atoms with Crippen LogP contribution in [0.5, 0.6) is 0 Å². The van der Waals surface area contributed by atoms with Crippen molar-refractivity contribution in [3.05, 3.63) is 40.3 Å². The molecule has 6 heteroatoms. The van der Waals surface area contributed by atoms with E-state index in [9.17, 15) is 9.59 Å². The maximum Gasteiger partial charge on any atom is 0.324 e. The molecule has 0 saturated heterocycles. The molecule has 0 aromatic carbocycles. The van der Waals surface area contributed by atoms with Crippen LogP contribution in [-0.4, -0.2) is 28.0 Å². The highest BCUT2D eigenvalue weighted by Gasteiger charge is 2.30. The molecule has 0 spiro atoms. The molecule has 104 valence electrons. The summed E-state index contributed by atoms with van der Waals surface area (Å²) in [6.45, 7) is 2.84. The lowest BCUT2D eigenvalue weighted by atomic mass is 10.3. The molecule has 5 nitrogen and oxygen atoms in total. The maximum absolute atomic E-state index is 12.5. The van der Waals surface area contributed by atoms with Crippen molar-refractivity contribution in [1.82, 2.24) is 14.8 Å². The van der Waals surface area contributed by atoms with E-state index < -0.39 is 0 Å². The van der Waals surface area contributed by atoms with Gasteiger partial charge in [0, 0.05) is 18.4 Å². The second-order valence-electron chi connectivity index (χ2n) is 4.63. The number of hydrogen-bond acceptors (Lipinski definition) is 3. The Morgan fingerprint density at radius 3 is 3.10 bits per heavy atom. The number of carbonyl (C=O) groups excluding carboxylic acids is 2. The molecule has 0 unspecified atom stereocenters. The van der Waals surface area contributed by atoms with Gasteiger partial charge in [-0.2, -0.15) is 0 Å². The van der Waals surface area contributed by atoms with Crippen LogP contribution >= 0.6 is 11.3 Å². The Labute approximate surface area is 120 Å². The second kappa shape index (κ2) is 5.13. The molecule has 0 radical (unpaired) electrons. The van der Waals surface area contributed by atoms with Crippen LogP contribution in [0, 0.1) is 0 Å². The molecule has 0 fully saturated rings. The van der Waals surface area contributed by atoms with Gasteiger partial charge in [-0.3, -0.25) is 9.69 Å². The normalized spacial score (nSPS) is 13.7. The van der Waals surface area contributed by atoms with Gasteiger partial charge in [-0.05, 0) is 30.0 Å². The standard InChI is InChI=1S/C14H15N3O2S/c1-2-6-15-14(19)17-9-10-4-3-7-16(10)11-5-8-20-12(11)13(17)18/h3-5,7-8H,2,6,9H2,1H3,(H,15,19). The van der Waals surface area contributed by atoms with Crippen LogP contribution in [-0.2, 0) is 6.54 Å². The van der Waals surface area contributed by atoms with Gasteiger partial charge in [-0.15, -0.1) is 11.3 Å². The number of aromatic nitrogens is 1. The van der Waals surface area contributed by atoms with Crippen LogP contribution in [0.4, 0.5) is 4.79 Å². The number of imide groups is 1. The van der Waals surface area contributed by atoms with E-state index in [1.165, 1.54) is 16.2 Å². The number of urea groups is 1. The number of thiophene rings is 1. The predicted octanol–water partition coefficient (Wildman–Crippen LogP) is 2.61. The number of nitrogens with zero attached hydrogens (tertiary/aromatic N) is 2. The van der Waals surface area contributed by atoms with Crippen LogP contribution in [0.25, 0.3) is 5.69 Å². The van der Waals surface area contributed by atoms with Crippen LogP contribution in [0.3, 0.4) is 0 Å². The van der Waals surface area contributed by atoms with Gasteiger partial charge in [0.2, 0.25) is 0 Å². The molecular weight excluding hydrogens is 274 g/mol. The number of rotatable bonds is 2. The van der Waals surface area contributed by atoms with Crippen molar-refractivity contribution in [2.45, 2.75) is 19.9 Å². The molecule has 0 aliphatic carbocycles. The smallest absolute Gasteiger partial charge is 0.324 e. The van der Waals surface area contributed by atoms with E-state index in [-0.39, 0.29) is 11.9 Å². The lowest BCUT2D eigenvalue weighted by molar-refractivity contribution is 0.0798. The quantitative estimate of drug-likeness (QED) is 0.924. The summed E-state index contributed by atoms with van der Waals surface area (Å²) in [5.41, 5.74) is 1.79. The van der Waals surface area contributed by atoms with Gasteiger partial charge in [0.1, 0.15) is 4.88 Å². The van der Waals surface area contributed by atoms with E-state index in [0.717, 1.165) is 17.8 Å². The minimum absolute atomic E-state index is 0.229. The van der Waals surface area contributed by atoms with E-state index in [2.05, 4.69) is 5.32 Å². The first-order chi connectivity index (χ1) is 9.72. The van der Waals surface area contributed by atoms with E-state index >= 15 is 0 Å². The average Bonchev–Trinajstić information content (AvgIpc) is 3.07. The summed E-state index contributed by atoms with van der Waals surface area (Å²) in [5, 5.41) is 4.64. The number of amides is 3. The van der Waals surface area contributed by atoms with Crippen LogP contribution in [0.1, 0.15) is 28.7 Å². The third-order valence-corrected chi connectivity index (χ3v) is 4.16. The number of nitrogens with one attached hydrogen (secondary N) is 1. The Morgan fingerprint density at radius 2 is 2.30 bits per heavy atom. The lowest BCUT2D eigenvalue weighted by Gasteiger charge is -2.18. The fraction of sp³-hybridized carbons (Fsp3) is 0.286. The molecule has 20 heavy (non-hydrogen) atoms. The molecule has 0 bridgehead atoms. The Morgan fingerprint density at radius 1 is 1.45 bits per heavy atom. The van der Waals surface area contributed by atoms with Crippen molar-refractivity contribution in [1.29, 1.82) is 0 Å². The van der Waals surface area contributed by atoms with Crippen molar-refractivity contribution in [2.24, 2.45) is 0 Å². The molecule has 1 N–H and O–H groups in total. The Kier molecular flexibility index (Phi) is 3.31. The van der Waals surface area contributed by atoms with E-state index in [4.69, 9.17) is 0 Å². The molecule has 3 amide bonds. The Balaban J connectivity index is 2.00. The summed E-state index contributed by atoms with van der Waals surface area (Å²) in [7, 11) is 0. The van der Waals surface area contributed by atoms with Crippen molar-refractivity contribution in [3.8, 4) is 5.69 Å². The molecule has 1 aliphatic rings. The third kappa shape index (κ3) is 2.02. The van der Waals surface area contributed by atoms with Gasteiger partial charge in [0.25, 0.3) is 5.91 Å². The first-order valence-corrected chi connectivity index (χ1v) is 7.44. The van der Waals surface area contributed by atoms with Crippen LogP contribution < -0.4 is 5.32 Å². The molecule has 3 heterocycles. The Hall–Kier alpha value is -2.08. The monoisotopic (exact) mass is 289 g/mol. The summed E-state index contributed by atoms with van der Waals surface area (Å²) in [6, 6.07) is 5.44. The zero-order valence-corrected chi connectivity index (χ0v) is 11.9. The van der Waals surface area contributed by atoms with Gasteiger partial charge in [-0.25, -0.2) is 4.79 Å². The molecule has 2 aromatic heterocycles. The van der Waals surface area contributed by atoms with Crippen molar-refractivity contribution < 1.29 is 9.59 Å². The van der Waals surface area contributed by atoms with Crippen molar-refractivity contribution in [3.63, 3.8) is 0 Å². The number of hydrogen-bond donors (Lipinski definition) is 1. The van der Waals surface area contributed by atoms with E-state index in [1.807, 2.05) is 41.3 Å². The summed E-state index contributed by atoms with van der Waals surface area (Å²) in [6.07, 6.45) is 2.76. The van der Waals surface area contributed by atoms with Gasteiger partial charge >= 0.3 is 6.03 Å². The molecule has 0 saturated carbocycles. The van der Waals surface area contributed by atoms with Gasteiger partial charge < -0.3 is 9.88 Å². The zero-order chi connectivity index (χ0) is 14.1. The zero-order valence-electron chi connectivity index (χ0n) is 11.1. The highest BCUT2D eigenvalue weighted by molar-refractivity contribution is 7.12. The van der Waals surface area contributed by atoms with Crippen LogP contribution in [0.2, 0.25) is 0 Å². The van der Waals surface area contributed by atoms with Gasteiger partial charge in [0.05, 0.1) is 12.2 Å². The van der Waals surface area contributed by atoms with E-state index in [0.29, 0.717) is 18.0 Å². The Bertz CT molecular complexity index is 659.